The summed E-state index contributed by atoms with van der Waals surface area (Å²) in [4.78, 5) is 20.7. The van der Waals surface area contributed by atoms with Crippen LogP contribution in [-0.4, -0.2) is 35.7 Å². The Morgan fingerprint density at radius 2 is 2.00 bits per heavy atom. The highest BCUT2D eigenvalue weighted by atomic mass is 16.5. The quantitative estimate of drug-likeness (QED) is 0.576. The molecule has 3 heterocycles. The number of imidazole rings is 1. The van der Waals surface area contributed by atoms with Gasteiger partial charge in [0, 0.05) is 6.54 Å². The molecule has 0 bridgehead atoms. The molecule has 4 rings (SSSR count). The maximum Gasteiger partial charge on any atom is 0.336 e. The van der Waals surface area contributed by atoms with Crippen LogP contribution in [-0.2, 0) is 6.54 Å². The smallest absolute Gasteiger partial charge is 0.336 e. The van der Waals surface area contributed by atoms with Gasteiger partial charge in [0.25, 0.3) is 0 Å². The van der Waals surface area contributed by atoms with Gasteiger partial charge < -0.3 is 9.72 Å². The third kappa shape index (κ3) is 2.54. The van der Waals surface area contributed by atoms with Crippen molar-refractivity contribution in [2.75, 3.05) is 6.61 Å². The van der Waals surface area contributed by atoms with E-state index < -0.39 is 0 Å². The Kier molecular flexibility index (Phi) is 4.16. The van der Waals surface area contributed by atoms with Crippen LogP contribution in [0.4, 0.5) is 0 Å². The van der Waals surface area contributed by atoms with E-state index in [0.29, 0.717) is 35.8 Å². The number of hydrogen-bond acceptors (Lipinski definition) is 5. The van der Waals surface area contributed by atoms with Gasteiger partial charge in [-0.1, -0.05) is 26.0 Å². The molecule has 0 spiro atoms. The van der Waals surface area contributed by atoms with E-state index in [0.717, 1.165) is 24.2 Å². The van der Waals surface area contributed by atoms with Crippen molar-refractivity contribution in [2.24, 2.45) is 0 Å². The molecule has 0 aliphatic carbocycles. The third-order valence-electron chi connectivity index (χ3n) is 4.20. The summed E-state index contributed by atoms with van der Waals surface area (Å²) in [5.74, 6) is 1.40. The van der Waals surface area contributed by atoms with Gasteiger partial charge in [-0.05, 0) is 25.0 Å². The Hall–Kier alpha value is -3.16. The molecule has 0 saturated heterocycles. The zero-order valence-corrected chi connectivity index (χ0v) is 14.8. The molecular formula is C18H20N6O2. The maximum absolute atomic E-state index is 12.7. The van der Waals surface area contributed by atoms with Crippen LogP contribution >= 0.6 is 0 Å². The van der Waals surface area contributed by atoms with E-state index in [2.05, 4.69) is 22.1 Å². The monoisotopic (exact) mass is 352 g/mol. The van der Waals surface area contributed by atoms with Crippen LogP contribution < -0.4 is 10.4 Å². The van der Waals surface area contributed by atoms with Gasteiger partial charge >= 0.3 is 5.69 Å². The fourth-order valence-corrected chi connectivity index (χ4v) is 3.03. The fourth-order valence-electron chi connectivity index (χ4n) is 3.03. The van der Waals surface area contributed by atoms with Gasteiger partial charge in [0.2, 0.25) is 0 Å². The first-order chi connectivity index (χ1) is 12.7. The second-order valence-electron chi connectivity index (χ2n) is 6.09. The number of aryl methyl sites for hydroxylation is 1. The summed E-state index contributed by atoms with van der Waals surface area (Å²) in [6.07, 6.45) is 3.17. The molecule has 8 nitrogen and oxygen atoms in total. The number of rotatable bonds is 6. The lowest BCUT2D eigenvalue weighted by atomic mass is 10.2. The molecule has 8 heteroatoms. The predicted molar refractivity (Wildman–Crippen MR) is 98.4 cm³/mol. The number of nitrogens with zero attached hydrogens (tertiary/aromatic N) is 5. The Morgan fingerprint density at radius 1 is 1.15 bits per heavy atom. The number of fused-ring (bicyclic) bond motifs is 3. The first-order valence-electron chi connectivity index (χ1n) is 8.79. The molecule has 0 saturated carbocycles. The minimum absolute atomic E-state index is 0.187. The van der Waals surface area contributed by atoms with Crippen molar-refractivity contribution in [3.63, 3.8) is 0 Å². The zero-order chi connectivity index (χ0) is 18.1. The van der Waals surface area contributed by atoms with Crippen LogP contribution in [0.25, 0.3) is 28.2 Å². The highest BCUT2D eigenvalue weighted by Crippen LogP contribution is 2.30. The lowest BCUT2D eigenvalue weighted by Crippen LogP contribution is -2.26. The molecule has 0 radical (unpaired) electrons. The molecule has 0 unspecified atom stereocenters. The van der Waals surface area contributed by atoms with Crippen molar-refractivity contribution < 1.29 is 4.74 Å². The van der Waals surface area contributed by atoms with Crippen LogP contribution in [0, 0.1) is 0 Å². The highest BCUT2D eigenvalue weighted by molar-refractivity contribution is 5.88. The lowest BCUT2D eigenvalue weighted by Gasteiger charge is -2.08. The first-order valence-corrected chi connectivity index (χ1v) is 8.79. The maximum atomic E-state index is 12.7. The van der Waals surface area contributed by atoms with Crippen LogP contribution in [0.1, 0.15) is 26.7 Å². The molecule has 134 valence electrons. The standard InChI is InChI=1S/C18H20N6O2/c1-3-9-23-16-14(17-22-19-11-24(17)18(23)25)20-15(21-16)12-7-5-6-8-13(12)26-10-4-2/h5-8,11H,3-4,9-10H2,1-2H3,(H,20,21). The summed E-state index contributed by atoms with van der Waals surface area (Å²) in [7, 11) is 0. The summed E-state index contributed by atoms with van der Waals surface area (Å²) in [5, 5.41) is 7.97. The third-order valence-corrected chi connectivity index (χ3v) is 4.20. The average Bonchev–Trinajstić information content (AvgIpc) is 3.30. The molecule has 1 aromatic carbocycles. The van der Waals surface area contributed by atoms with Crippen LogP contribution in [0.2, 0.25) is 0 Å². The Bertz CT molecular complexity index is 1120. The highest BCUT2D eigenvalue weighted by Gasteiger charge is 2.18. The molecule has 0 fully saturated rings. The molecule has 26 heavy (non-hydrogen) atoms. The van der Waals surface area contributed by atoms with Gasteiger partial charge in [-0.25, -0.2) is 14.2 Å². The van der Waals surface area contributed by atoms with Crippen molar-refractivity contribution >= 4 is 16.8 Å². The lowest BCUT2D eigenvalue weighted by molar-refractivity contribution is 0.318. The number of H-pyrrole nitrogens is 1. The van der Waals surface area contributed by atoms with E-state index in [1.807, 2.05) is 31.2 Å². The summed E-state index contributed by atoms with van der Waals surface area (Å²) in [6.45, 7) is 5.29. The van der Waals surface area contributed by atoms with E-state index in [-0.39, 0.29) is 5.69 Å². The van der Waals surface area contributed by atoms with Crippen LogP contribution in [0.15, 0.2) is 35.4 Å². The Morgan fingerprint density at radius 3 is 2.81 bits per heavy atom. The van der Waals surface area contributed by atoms with Gasteiger partial charge in [-0.3, -0.25) is 4.57 Å². The summed E-state index contributed by atoms with van der Waals surface area (Å²) in [6, 6.07) is 7.74. The number of nitrogens with one attached hydrogen (secondary N) is 1. The number of para-hydroxylation sites is 1. The van der Waals surface area contributed by atoms with Crippen LogP contribution in [0.5, 0.6) is 5.75 Å². The van der Waals surface area contributed by atoms with E-state index in [4.69, 9.17) is 9.72 Å². The van der Waals surface area contributed by atoms with Gasteiger partial charge in [-0.15, -0.1) is 10.2 Å². The van der Waals surface area contributed by atoms with Crippen molar-refractivity contribution in [1.82, 2.24) is 29.1 Å². The fraction of sp³-hybridized carbons (Fsp3) is 0.333. The Labute approximate surface area is 149 Å². The predicted octanol–water partition coefficient (Wildman–Crippen LogP) is 2.63. The van der Waals surface area contributed by atoms with Gasteiger partial charge in [-0.2, -0.15) is 0 Å². The topological polar surface area (TPSA) is 90.1 Å². The number of ether oxygens (including phenoxy) is 1. The summed E-state index contributed by atoms with van der Waals surface area (Å²) >= 11 is 0. The number of aromatic nitrogens is 6. The van der Waals surface area contributed by atoms with E-state index in [1.165, 1.54) is 10.7 Å². The Balaban J connectivity index is 1.97. The normalized spacial score (nSPS) is 11.5. The van der Waals surface area contributed by atoms with Gasteiger partial charge in [0.15, 0.2) is 11.3 Å². The molecule has 0 aliphatic rings. The minimum Gasteiger partial charge on any atom is -0.493 e. The average molecular weight is 352 g/mol. The van der Waals surface area contributed by atoms with Crippen LogP contribution in [0.3, 0.4) is 0 Å². The molecule has 0 amide bonds. The summed E-state index contributed by atoms with van der Waals surface area (Å²) < 4.78 is 8.95. The van der Waals surface area contributed by atoms with E-state index >= 15 is 0 Å². The SMILES string of the molecule is CCCOc1ccccc1-c1nc2c([nH]1)c1nncn1c(=O)n2CCC. The molecule has 1 N–H and O–H groups in total. The molecular weight excluding hydrogens is 332 g/mol. The van der Waals surface area contributed by atoms with Gasteiger partial charge in [0.05, 0.1) is 12.2 Å². The molecule has 0 atom stereocenters. The second-order valence-corrected chi connectivity index (χ2v) is 6.09. The largest absolute Gasteiger partial charge is 0.493 e. The molecule has 3 aromatic heterocycles. The molecule has 0 aliphatic heterocycles. The number of hydrogen-bond donors (Lipinski definition) is 1. The first kappa shape index (κ1) is 16.3. The van der Waals surface area contributed by atoms with Gasteiger partial charge in [0.1, 0.15) is 23.4 Å². The summed E-state index contributed by atoms with van der Waals surface area (Å²) in [5.41, 5.74) is 2.41. The van der Waals surface area contributed by atoms with Crippen molar-refractivity contribution in [2.45, 2.75) is 33.2 Å². The second kappa shape index (κ2) is 6.62. The van der Waals surface area contributed by atoms with Crippen molar-refractivity contribution in [3.05, 3.63) is 41.1 Å². The van der Waals surface area contributed by atoms with E-state index in [9.17, 15) is 4.79 Å². The van der Waals surface area contributed by atoms with E-state index in [1.54, 1.807) is 4.57 Å². The minimum atomic E-state index is -0.187. The van der Waals surface area contributed by atoms with Crippen molar-refractivity contribution in [1.29, 1.82) is 0 Å². The number of benzene rings is 1. The number of aromatic amines is 1. The van der Waals surface area contributed by atoms with Crippen molar-refractivity contribution in [3.8, 4) is 17.1 Å². The molecule has 4 aromatic rings. The zero-order valence-electron chi connectivity index (χ0n) is 14.8.